The van der Waals surface area contributed by atoms with E-state index < -0.39 is 0 Å². The molecule has 0 fully saturated rings. The van der Waals surface area contributed by atoms with Gasteiger partial charge in [0.15, 0.2) is 4.77 Å². The lowest BCUT2D eigenvalue weighted by Gasteiger charge is -2.29. The predicted octanol–water partition coefficient (Wildman–Crippen LogP) is 6.07. The lowest BCUT2D eigenvalue weighted by Crippen LogP contribution is -2.15. The van der Waals surface area contributed by atoms with Crippen LogP contribution in [0.25, 0.3) is 6.08 Å². The standard InChI is InChI=1S/C21H17N3O2S2/c1-4-13-15(22-2)10-9-14-16(11-5-7-12(25-3)8-6-11)17-19(26-18(13)14)23-21(28)24-20(17)27/h4-10,16H,1-2H2,3H3,(H2,23,24,27,28). The van der Waals surface area contributed by atoms with Gasteiger partial charge in [0.1, 0.15) is 16.1 Å². The lowest BCUT2D eigenvalue weighted by atomic mass is 9.83. The van der Waals surface area contributed by atoms with Crippen molar-refractivity contribution in [3.8, 4) is 17.4 Å². The highest BCUT2D eigenvalue weighted by Crippen LogP contribution is 2.50. The number of nitrogens with one attached hydrogen (secondary N) is 2. The van der Waals surface area contributed by atoms with Crippen LogP contribution in [0.2, 0.25) is 0 Å². The zero-order valence-electron chi connectivity index (χ0n) is 15.1. The normalized spacial score (nSPS) is 14.4. The van der Waals surface area contributed by atoms with E-state index in [1.165, 1.54) is 0 Å². The van der Waals surface area contributed by atoms with Gasteiger partial charge in [-0.2, -0.15) is 0 Å². The first kappa shape index (κ1) is 18.3. The number of aliphatic imine (C=N–C) groups is 1. The maximum Gasteiger partial charge on any atom is 0.206 e. The van der Waals surface area contributed by atoms with Crippen LogP contribution in [0.5, 0.6) is 17.4 Å². The molecule has 4 rings (SSSR count). The molecule has 1 aliphatic heterocycles. The predicted molar refractivity (Wildman–Crippen MR) is 117 cm³/mol. The summed E-state index contributed by atoms with van der Waals surface area (Å²) in [4.78, 5) is 10.2. The van der Waals surface area contributed by atoms with E-state index in [1.807, 2.05) is 36.4 Å². The van der Waals surface area contributed by atoms with E-state index in [-0.39, 0.29) is 5.92 Å². The molecule has 0 saturated carbocycles. The van der Waals surface area contributed by atoms with Crippen molar-refractivity contribution in [2.75, 3.05) is 7.11 Å². The van der Waals surface area contributed by atoms with Crippen LogP contribution >= 0.6 is 24.4 Å². The average Bonchev–Trinajstić information content (AvgIpc) is 2.71. The van der Waals surface area contributed by atoms with E-state index in [4.69, 9.17) is 33.9 Å². The second-order valence-corrected chi connectivity index (χ2v) is 7.05. The molecule has 0 aliphatic carbocycles. The fourth-order valence-electron chi connectivity index (χ4n) is 3.50. The van der Waals surface area contributed by atoms with Crippen molar-refractivity contribution < 1.29 is 9.47 Å². The highest BCUT2D eigenvalue weighted by Gasteiger charge is 2.32. The molecule has 0 spiro atoms. The van der Waals surface area contributed by atoms with E-state index in [2.05, 4.69) is 28.3 Å². The lowest BCUT2D eigenvalue weighted by molar-refractivity contribution is 0.414. The number of hydrogen-bond acceptors (Lipinski definition) is 5. The van der Waals surface area contributed by atoms with Gasteiger partial charge in [0.2, 0.25) is 5.88 Å². The minimum atomic E-state index is -0.155. The molecule has 0 bridgehead atoms. The summed E-state index contributed by atoms with van der Waals surface area (Å²) in [5.41, 5.74) is 4.31. The van der Waals surface area contributed by atoms with Gasteiger partial charge in [0.25, 0.3) is 0 Å². The number of aromatic amines is 2. The molecule has 2 heterocycles. The van der Waals surface area contributed by atoms with Gasteiger partial charge in [-0.15, -0.1) is 0 Å². The smallest absolute Gasteiger partial charge is 0.206 e. The van der Waals surface area contributed by atoms with E-state index in [0.717, 1.165) is 28.0 Å². The number of rotatable bonds is 4. The summed E-state index contributed by atoms with van der Waals surface area (Å²) in [7, 11) is 1.64. The highest BCUT2D eigenvalue weighted by atomic mass is 32.1. The van der Waals surface area contributed by atoms with Gasteiger partial charge >= 0.3 is 0 Å². The SMILES string of the molecule is C=Cc1c(N=C)ccc2c1Oc1[nH]c(=S)[nH]c(=S)c1C2c1ccc(OC)cc1. The molecule has 7 heteroatoms. The summed E-state index contributed by atoms with van der Waals surface area (Å²) in [6, 6.07) is 11.8. The van der Waals surface area contributed by atoms with Crippen LogP contribution < -0.4 is 9.47 Å². The Labute approximate surface area is 172 Å². The molecule has 28 heavy (non-hydrogen) atoms. The van der Waals surface area contributed by atoms with Crippen molar-refractivity contribution >= 4 is 42.9 Å². The second kappa shape index (κ2) is 7.18. The van der Waals surface area contributed by atoms with Gasteiger partial charge in [-0.1, -0.05) is 43.1 Å². The fraction of sp³-hybridized carbons (Fsp3) is 0.0952. The van der Waals surface area contributed by atoms with E-state index in [0.29, 0.717) is 26.7 Å². The molecular weight excluding hydrogens is 390 g/mol. The molecule has 5 nitrogen and oxygen atoms in total. The molecule has 1 unspecified atom stereocenters. The van der Waals surface area contributed by atoms with Crippen molar-refractivity contribution in [1.29, 1.82) is 0 Å². The van der Waals surface area contributed by atoms with Gasteiger partial charge in [0.05, 0.1) is 18.4 Å². The van der Waals surface area contributed by atoms with Gasteiger partial charge in [0, 0.05) is 17.0 Å². The Kier molecular flexibility index (Phi) is 4.70. The Balaban J connectivity index is 2.04. The topological polar surface area (TPSA) is 62.4 Å². The molecule has 1 atom stereocenters. The van der Waals surface area contributed by atoms with Crippen LogP contribution in [0, 0.1) is 9.41 Å². The first-order valence-electron chi connectivity index (χ1n) is 8.51. The van der Waals surface area contributed by atoms with E-state index in [9.17, 15) is 0 Å². The first-order valence-corrected chi connectivity index (χ1v) is 9.33. The summed E-state index contributed by atoms with van der Waals surface area (Å²) in [5.74, 6) is 1.82. The number of nitrogens with zero attached hydrogens (tertiary/aromatic N) is 1. The first-order chi connectivity index (χ1) is 13.6. The second-order valence-electron chi connectivity index (χ2n) is 6.24. The quantitative estimate of drug-likeness (QED) is 0.318. The molecule has 1 aliphatic rings. The van der Waals surface area contributed by atoms with Gasteiger partial charge in [-0.25, -0.2) is 0 Å². The monoisotopic (exact) mass is 407 g/mol. The number of aromatic nitrogens is 2. The van der Waals surface area contributed by atoms with Gasteiger partial charge < -0.3 is 19.4 Å². The van der Waals surface area contributed by atoms with E-state index >= 15 is 0 Å². The Bertz CT molecular complexity index is 1210. The van der Waals surface area contributed by atoms with Crippen LogP contribution in [-0.4, -0.2) is 23.8 Å². The number of H-pyrrole nitrogens is 2. The van der Waals surface area contributed by atoms with Gasteiger partial charge in [-0.3, -0.25) is 4.99 Å². The molecule has 1 aromatic heterocycles. The minimum Gasteiger partial charge on any atom is -0.497 e. The van der Waals surface area contributed by atoms with Crippen molar-refractivity contribution in [3.05, 3.63) is 74.6 Å². The largest absolute Gasteiger partial charge is 0.497 e. The Hall–Kier alpha value is -3.03. The van der Waals surface area contributed by atoms with Crippen molar-refractivity contribution in [3.63, 3.8) is 0 Å². The van der Waals surface area contributed by atoms with Crippen LogP contribution in [0.4, 0.5) is 5.69 Å². The third-order valence-electron chi connectivity index (χ3n) is 4.77. The van der Waals surface area contributed by atoms with Gasteiger partial charge in [-0.05, 0) is 42.7 Å². The van der Waals surface area contributed by atoms with Crippen LogP contribution in [0.15, 0.2) is 48.0 Å². The number of methoxy groups -OCH3 is 1. The third kappa shape index (κ3) is 2.89. The Morgan fingerprint density at radius 2 is 1.89 bits per heavy atom. The summed E-state index contributed by atoms with van der Waals surface area (Å²) in [6.07, 6.45) is 1.72. The summed E-state index contributed by atoms with van der Waals surface area (Å²) in [5, 5.41) is 0. The molecule has 0 amide bonds. The Morgan fingerprint density at radius 3 is 2.54 bits per heavy atom. The Morgan fingerprint density at radius 1 is 1.14 bits per heavy atom. The molecule has 0 saturated heterocycles. The molecule has 3 aromatic rings. The van der Waals surface area contributed by atoms with Crippen molar-refractivity contribution in [2.45, 2.75) is 5.92 Å². The maximum atomic E-state index is 6.21. The molecule has 2 aromatic carbocycles. The number of hydrogen-bond donors (Lipinski definition) is 2. The third-order valence-corrected chi connectivity index (χ3v) is 5.30. The zero-order valence-corrected chi connectivity index (χ0v) is 16.7. The number of benzene rings is 2. The molecular formula is C21H17N3O2S2. The van der Waals surface area contributed by atoms with Crippen LogP contribution in [0.1, 0.15) is 28.2 Å². The summed E-state index contributed by atoms with van der Waals surface area (Å²) < 4.78 is 12.4. The minimum absolute atomic E-state index is 0.155. The molecule has 0 radical (unpaired) electrons. The zero-order chi connectivity index (χ0) is 19.8. The van der Waals surface area contributed by atoms with Crippen molar-refractivity contribution in [1.82, 2.24) is 9.97 Å². The van der Waals surface area contributed by atoms with Crippen LogP contribution in [0.3, 0.4) is 0 Å². The fourth-order valence-corrected chi connectivity index (χ4v) is 4.07. The number of fused-ring (bicyclic) bond motifs is 2. The molecule has 140 valence electrons. The van der Waals surface area contributed by atoms with Crippen molar-refractivity contribution in [2.24, 2.45) is 4.99 Å². The number of ether oxygens (including phenoxy) is 2. The summed E-state index contributed by atoms with van der Waals surface area (Å²) >= 11 is 10.9. The molecule has 2 N–H and O–H groups in total. The average molecular weight is 408 g/mol. The summed E-state index contributed by atoms with van der Waals surface area (Å²) in [6.45, 7) is 7.56. The van der Waals surface area contributed by atoms with E-state index in [1.54, 1.807) is 13.2 Å². The highest BCUT2D eigenvalue weighted by molar-refractivity contribution is 7.72. The maximum absolute atomic E-state index is 6.21. The van der Waals surface area contributed by atoms with Crippen LogP contribution in [-0.2, 0) is 0 Å².